The molecule has 0 bridgehead atoms. The summed E-state index contributed by atoms with van der Waals surface area (Å²) in [5.74, 6) is 0.384. The maximum atomic E-state index is 12.5. The molecule has 0 saturated heterocycles. The number of rotatable bonds is 9. The van der Waals surface area contributed by atoms with Crippen LogP contribution in [0.4, 0.5) is 0 Å². The summed E-state index contributed by atoms with van der Waals surface area (Å²) in [6.07, 6.45) is 3.43. The molecule has 7 nitrogen and oxygen atoms in total. The molecule has 2 aromatic heterocycles. The van der Waals surface area contributed by atoms with Gasteiger partial charge in [-0.15, -0.1) is 21.5 Å². The van der Waals surface area contributed by atoms with Gasteiger partial charge in [0, 0.05) is 28.2 Å². The number of tetrazole rings is 1. The van der Waals surface area contributed by atoms with Gasteiger partial charge < -0.3 is 5.32 Å². The fraction of sp³-hybridized carbons (Fsp3) is 0.421. The Morgan fingerprint density at radius 3 is 2.75 bits per heavy atom. The first kappa shape index (κ1) is 20.4. The van der Waals surface area contributed by atoms with E-state index in [-0.39, 0.29) is 5.91 Å². The monoisotopic (exact) mass is 418 g/mol. The zero-order valence-electron chi connectivity index (χ0n) is 15.9. The maximum absolute atomic E-state index is 12.5. The first-order valence-corrected chi connectivity index (χ1v) is 10.6. The molecule has 0 fully saturated rings. The van der Waals surface area contributed by atoms with Crippen molar-refractivity contribution < 1.29 is 4.79 Å². The largest absolute Gasteiger partial charge is 0.354 e. The van der Waals surface area contributed by atoms with E-state index in [1.54, 1.807) is 23.5 Å². The van der Waals surface area contributed by atoms with E-state index in [0.717, 1.165) is 35.5 Å². The second kappa shape index (κ2) is 9.75. The predicted molar refractivity (Wildman–Crippen MR) is 110 cm³/mol. The molecule has 148 valence electrons. The molecule has 0 aliphatic rings. The Labute approximate surface area is 173 Å². The number of aromatic nitrogens is 5. The van der Waals surface area contributed by atoms with Crippen molar-refractivity contribution in [3.05, 3.63) is 45.4 Å². The zero-order chi connectivity index (χ0) is 19.9. The van der Waals surface area contributed by atoms with Crippen LogP contribution >= 0.6 is 22.9 Å². The van der Waals surface area contributed by atoms with Crippen molar-refractivity contribution in [3.8, 4) is 11.4 Å². The normalized spacial score (nSPS) is 12.1. The van der Waals surface area contributed by atoms with Gasteiger partial charge in [-0.05, 0) is 62.1 Å². The Balaban J connectivity index is 1.50. The second-order valence-corrected chi connectivity index (χ2v) is 7.87. The van der Waals surface area contributed by atoms with E-state index in [9.17, 15) is 4.79 Å². The van der Waals surface area contributed by atoms with Crippen LogP contribution in [0, 0.1) is 6.92 Å². The topological polar surface area (TPSA) is 85.6 Å². The van der Waals surface area contributed by atoms with Crippen molar-refractivity contribution in [3.63, 3.8) is 0 Å². The van der Waals surface area contributed by atoms with Gasteiger partial charge in [0.15, 0.2) is 6.04 Å². The Morgan fingerprint density at radius 2 is 2.07 bits per heavy atom. The summed E-state index contributed by atoms with van der Waals surface area (Å²) in [7, 11) is 0. The number of amides is 1. The number of halogens is 1. The SMILES string of the molecule is CCC(C(=O)NCCCCc1nc(C)cs1)n1nnc(-c2ccc(Cl)cc2)n1. The molecule has 1 aromatic carbocycles. The molecule has 9 heteroatoms. The van der Waals surface area contributed by atoms with Crippen molar-refractivity contribution in [1.82, 2.24) is 30.5 Å². The van der Waals surface area contributed by atoms with Crippen LogP contribution < -0.4 is 5.32 Å². The number of benzene rings is 1. The third kappa shape index (κ3) is 5.36. The zero-order valence-corrected chi connectivity index (χ0v) is 17.5. The number of carbonyl (C=O) groups is 1. The molecule has 3 aromatic rings. The minimum atomic E-state index is -0.477. The molecule has 0 saturated carbocycles. The number of thiazole rings is 1. The van der Waals surface area contributed by atoms with Gasteiger partial charge in [0.25, 0.3) is 0 Å². The number of hydrogen-bond donors (Lipinski definition) is 1. The lowest BCUT2D eigenvalue weighted by Gasteiger charge is -2.13. The van der Waals surface area contributed by atoms with Gasteiger partial charge in [0.1, 0.15) is 0 Å². The highest BCUT2D eigenvalue weighted by molar-refractivity contribution is 7.09. The minimum absolute atomic E-state index is 0.0901. The van der Waals surface area contributed by atoms with Crippen LogP contribution in [0.3, 0.4) is 0 Å². The summed E-state index contributed by atoms with van der Waals surface area (Å²) < 4.78 is 0. The fourth-order valence-electron chi connectivity index (χ4n) is 2.77. The molecule has 1 amide bonds. The number of nitrogens with zero attached hydrogens (tertiary/aromatic N) is 5. The highest BCUT2D eigenvalue weighted by atomic mass is 35.5. The standard InChI is InChI=1S/C19H23ClN6OS/c1-3-16(19(27)21-11-5-4-6-17-22-13(2)12-28-17)26-24-18(23-25-26)14-7-9-15(20)10-8-14/h7-10,12,16H,3-6,11H2,1-2H3,(H,21,27). The predicted octanol–water partition coefficient (Wildman–Crippen LogP) is 3.85. The average Bonchev–Trinajstić information content (AvgIpc) is 3.32. The summed E-state index contributed by atoms with van der Waals surface area (Å²) in [6, 6.07) is 6.72. The summed E-state index contributed by atoms with van der Waals surface area (Å²) in [6.45, 7) is 4.56. The van der Waals surface area contributed by atoms with Gasteiger partial charge in [-0.3, -0.25) is 4.79 Å². The summed E-state index contributed by atoms with van der Waals surface area (Å²) in [5.41, 5.74) is 1.88. The summed E-state index contributed by atoms with van der Waals surface area (Å²) in [5, 5.41) is 19.3. The molecule has 1 N–H and O–H groups in total. The Kier molecular flexibility index (Phi) is 7.11. The quantitative estimate of drug-likeness (QED) is 0.533. The van der Waals surface area contributed by atoms with Crippen molar-refractivity contribution in [2.24, 2.45) is 0 Å². The van der Waals surface area contributed by atoms with Crippen LogP contribution in [0.25, 0.3) is 11.4 Å². The van der Waals surface area contributed by atoms with E-state index < -0.39 is 6.04 Å². The van der Waals surface area contributed by atoms with Gasteiger partial charge in [0.05, 0.1) is 5.01 Å². The highest BCUT2D eigenvalue weighted by Gasteiger charge is 2.21. The molecule has 0 radical (unpaired) electrons. The van der Waals surface area contributed by atoms with E-state index in [4.69, 9.17) is 11.6 Å². The van der Waals surface area contributed by atoms with Crippen molar-refractivity contribution in [1.29, 1.82) is 0 Å². The third-order valence-corrected chi connectivity index (χ3v) is 5.56. The van der Waals surface area contributed by atoms with Crippen molar-refractivity contribution in [2.75, 3.05) is 6.54 Å². The van der Waals surface area contributed by atoms with Crippen LogP contribution in [-0.2, 0) is 11.2 Å². The first-order chi connectivity index (χ1) is 13.6. The Morgan fingerprint density at radius 1 is 1.29 bits per heavy atom. The number of nitrogens with one attached hydrogen (secondary N) is 1. The number of unbranched alkanes of at least 4 members (excludes halogenated alkanes) is 1. The third-order valence-electron chi connectivity index (χ3n) is 4.28. The van der Waals surface area contributed by atoms with Gasteiger partial charge in [-0.25, -0.2) is 4.98 Å². The molecule has 28 heavy (non-hydrogen) atoms. The van der Waals surface area contributed by atoms with Gasteiger partial charge in [0.2, 0.25) is 11.7 Å². The average molecular weight is 419 g/mol. The van der Waals surface area contributed by atoms with Gasteiger partial charge >= 0.3 is 0 Å². The number of hydrogen-bond acceptors (Lipinski definition) is 6. The Bertz CT molecular complexity index is 907. The number of carbonyl (C=O) groups excluding carboxylic acids is 1. The summed E-state index contributed by atoms with van der Waals surface area (Å²) >= 11 is 7.60. The molecule has 1 atom stereocenters. The lowest BCUT2D eigenvalue weighted by atomic mass is 10.2. The lowest BCUT2D eigenvalue weighted by Crippen LogP contribution is -2.34. The Hall–Kier alpha value is -2.32. The molecule has 1 unspecified atom stereocenters. The molecule has 0 aliphatic heterocycles. The van der Waals surface area contributed by atoms with Crippen LogP contribution in [0.2, 0.25) is 5.02 Å². The fourth-order valence-corrected chi connectivity index (χ4v) is 3.72. The van der Waals surface area contributed by atoms with Crippen LogP contribution in [0.5, 0.6) is 0 Å². The molecule has 2 heterocycles. The van der Waals surface area contributed by atoms with Crippen molar-refractivity contribution >= 4 is 28.8 Å². The molecular formula is C19H23ClN6OS. The lowest BCUT2D eigenvalue weighted by molar-refractivity contribution is -0.125. The first-order valence-electron chi connectivity index (χ1n) is 9.31. The summed E-state index contributed by atoms with van der Waals surface area (Å²) in [4.78, 5) is 18.4. The van der Waals surface area contributed by atoms with Crippen LogP contribution in [-0.4, -0.2) is 37.6 Å². The second-order valence-electron chi connectivity index (χ2n) is 6.50. The smallest absolute Gasteiger partial charge is 0.246 e. The minimum Gasteiger partial charge on any atom is -0.354 e. The van der Waals surface area contributed by atoms with E-state index >= 15 is 0 Å². The van der Waals surface area contributed by atoms with Crippen molar-refractivity contribution in [2.45, 2.75) is 45.6 Å². The molecule has 0 aliphatic carbocycles. The van der Waals surface area contributed by atoms with Crippen LogP contribution in [0.15, 0.2) is 29.6 Å². The highest BCUT2D eigenvalue weighted by Crippen LogP contribution is 2.18. The van der Waals surface area contributed by atoms with Gasteiger partial charge in [-0.2, -0.15) is 4.80 Å². The van der Waals surface area contributed by atoms with E-state index in [0.29, 0.717) is 23.8 Å². The molecular weight excluding hydrogens is 396 g/mol. The molecule has 3 rings (SSSR count). The number of aryl methyl sites for hydroxylation is 2. The van der Waals surface area contributed by atoms with E-state index in [2.05, 4.69) is 31.1 Å². The molecule has 0 spiro atoms. The van der Waals surface area contributed by atoms with Gasteiger partial charge in [-0.1, -0.05) is 18.5 Å². The van der Waals surface area contributed by atoms with E-state index in [1.807, 2.05) is 26.0 Å². The van der Waals surface area contributed by atoms with Crippen LogP contribution in [0.1, 0.15) is 42.9 Å². The maximum Gasteiger partial charge on any atom is 0.246 e. The van der Waals surface area contributed by atoms with E-state index in [1.165, 1.54) is 4.80 Å².